The van der Waals surface area contributed by atoms with E-state index in [0.717, 1.165) is 45.1 Å². The summed E-state index contributed by atoms with van der Waals surface area (Å²) in [4.78, 5) is 4.92. The molecule has 0 unspecified atom stereocenters. The highest BCUT2D eigenvalue weighted by Gasteiger charge is 2.10. The predicted octanol–water partition coefficient (Wildman–Crippen LogP) is 6.75. The second kappa shape index (κ2) is 8.38. The van der Waals surface area contributed by atoms with Gasteiger partial charge < -0.3 is 9.47 Å². The van der Waals surface area contributed by atoms with Crippen molar-refractivity contribution in [1.29, 1.82) is 0 Å². The molecule has 4 aromatic rings. The van der Waals surface area contributed by atoms with E-state index in [-0.39, 0.29) is 0 Å². The molecule has 3 aromatic carbocycles. The van der Waals surface area contributed by atoms with E-state index in [4.69, 9.17) is 26.1 Å². The van der Waals surface area contributed by atoms with Crippen LogP contribution in [0.15, 0.2) is 84.9 Å². The zero-order valence-corrected chi connectivity index (χ0v) is 17.0. The molecule has 0 amide bonds. The lowest BCUT2D eigenvalue weighted by molar-refractivity contribution is 0.415. The molecule has 0 radical (unpaired) electrons. The maximum absolute atomic E-state index is 6.07. The number of aromatic nitrogens is 1. The van der Waals surface area contributed by atoms with Crippen LogP contribution in [0.3, 0.4) is 0 Å². The molecule has 0 bridgehead atoms. The van der Waals surface area contributed by atoms with Crippen molar-refractivity contribution in [2.75, 3.05) is 14.2 Å². The molecule has 0 aliphatic rings. The molecule has 0 N–H and O–H groups in total. The molecule has 0 atom stereocenters. The Hall–Kier alpha value is -3.30. The van der Waals surface area contributed by atoms with Gasteiger partial charge >= 0.3 is 0 Å². The Bertz CT molecular complexity index is 1040. The molecule has 0 aliphatic carbocycles. The van der Waals surface area contributed by atoms with Crippen LogP contribution in [0, 0.1) is 0 Å². The summed E-state index contributed by atoms with van der Waals surface area (Å²) in [7, 11) is 3.33. The van der Waals surface area contributed by atoms with E-state index in [9.17, 15) is 0 Å². The fourth-order valence-electron chi connectivity index (χ4n) is 3.16. The zero-order chi connectivity index (χ0) is 20.2. The standard InChI is InChI=1S/C25H20ClNO2/c1-28-22-11-5-18(6-12-22)24-15-20(17-3-9-21(26)10-4-17)16-25(27-24)19-7-13-23(29-2)14-8-19/h3-16H,1-2H3. The molecule has 0 saturated carbocycles. The average molecular weight is 402 g/mol. The van der Waals surface area contributed by atoms with Crippen molar-refractivity contribution in [3.63, 3.8) is 0 Å². The van der Waals surface area contributed by atoms with Crippen LogP contribution in [0.25, 0.3) is 33.6 Å². The predicted molar refractivity (Wildman–Crippen MR) is 119 cm³/mol. The van der Waals surface area contributed by atoms with E-state index in [2.05, 4.69) is 12.1 Å². The van der Waals surface area contributed by atoms with Gasteiger partial charge in [0.15, 0.2) is 0 Å². The first-order valence-corrected chi connectivity index (χ1v) is 9.61. The van der Waals surface area contributed by atoms with Gasteiger partial charge in [-0.3, -0.25) is 0 Å². The quantitative estimate of drug-likeness (QED) is 0.370. The lowest BCUT2D eigenvalue weighted by Gasteiger charge is -2.11. The summed E-state index contributed by atoms with van der Waals surface area (Å²) in [5.41, 5.74) is 6.00. The first-order valence-electron chi connectivity index (χ1n) is 9.23. The Labute approximate surface area is 175 Å². The van der Waals surface area contributed by atoms with Gasteiger partial charge in [0.25, 0.3) is 0 Å². The molecule has 1 aromatic heterocycles. The minimum atomic E-state index is 0.716. The van der Waals surface area contributed by atoms with Crippen LogP contribution in [0.2, 0.25) is 5.02 Å². The fourth-order valence-corrected chi connectivity index (χ4v) is 3.28. The number of rotatable bonds is 5. The Morgan fingerprint density at radius 1 is 0.552 bits per heavy atom. The van der Waals surface area contributed by atoms with Crippen molar-refractivity contribution >= 4 is 11.6 Å². The van der Waals surface area contributed by atoms with Crippen LogP contribution < -0.4 is 9.47 Å². The first-order chi connectivity index (χ1) is 14.2. The van der Waals surface area contributed by atoms with Crippen LogP contribution in [-0.4, -0.2) is 19.2 Å². The first kappa shape index (κ1) is 19.0. The van der Waals surface area contributed by atoms with Crippen molar-refractivity contribution in [3.8, 4) is 45.1 Å². The van der Waals surface area contributed by atoms with Gasteiger partial charge in [-0.2, -0.15) is 0 Å². The average Bonchev–Trinajstić information content (AvgIpc) is 2.79. The van der Waals surface area contributed by atoms with E-state index < -0.39 is 0 Å². The van der Waals surface area contributed by atoms with Crippen LogP contribution in [0.1, 0.15) is 0 Å². The molecule has 0 spiro atoms. The van der Waals surface area contributed by atoms with Gasteiger partial charge in [0.1, 0.15) is 11.5 Å². The van der Waals surface area contributed by atoms with Crippen molar-refractivity contribution in [2.45, 2.75) is 0 Å². The molecule has 29 heavy (non-hydrogen) atoms. The number of ether oxygens (including phenoxy) is 2. The van der Waals surface area contributed by atoms with Crippen LogP contribution in [0.4, 0.5) is 0 Å². The molecule has 144 valence electrons. The van der Waals surface area contributed by atoms with Gasteiger partial charge in [-0.25, -0.2) is 4.98 Å². The number of methoxy groups -OCH3 is 2. The molecule has 4 heteroatoms. The molecule has 1 heterocycles. The van der Waals surface area contributed by atoms with E-state index >= 15 is 0 Å². The number of hydrogen-bond acceptors (Lipinski definition) is 3. The van der Waals surface area contributed by atoms with Crippen LogP contribution in [0.5, 0.6) is 11.5 Å². The number of nitrogens with zero attached hydrogens (tertiary/aromatic N) is 1. The maximum Gasteiger partial charge on any atom is 0.118 e. The maximum atomic E-state index is 6.07. The fraction of sp³-hybridized carbons (Fsp3) is 0.0800. The summed E-state index contributed by atoms with van der Waals surface area (Å²) in [6.45, 7) is 0. The van der Waals surface area contributed by atoms with Gasteiger partial charge in [0.2, 0.25) is 0 Å². The molecule has 0 aliphatic heterocycles. The Morgan fingerprint density at radius 2 is 0.966 bits per heavy atom. The highest BCUT2D eigenvalue weighted by atomic mass is 35.5. The lowest BCUT2D eigenvalue weighted by atomic mass is 10.00. The monoisotopic (exact) mass is 401 g/mol. The van der Waals surface area contributed by atoms with Crippen molar-refractivity contribution < 1.29 is 9.47 Å². The van der Waals surface area contributed by atoms with E-state index in [1.165, 1.54) is 0 Å². The number of pyridine rings is 1. The zero-order valence-electron chi connectivity index (χ0n) is 16.2. The molecular weight excluding hydrogens is 382 g/mol. The van der Waals surface area contributed by atoms with Gasteiger partial charge in [-0.1, -0.05) is 23.7 Å². The summed E-state index contributed by atoms with van der Waals surface area (Å²) in [5, 5.41) is 0.716. The van der Waals surface area contributed by atoms with Crippen LogP contribution in [-0.2, 0) is 0 Å². The van der Waals surface area contributed by atoms with E-state index in [1.807, 2.05) is 72.8 Å². The topological polar surface area (TPSA) is 31.4 Å². The molecule has 0 fully saturated rings. The third-order valence-electron chi connectivity index (χ3n) is 4.77. The van der Waals surface area contributed by atoms with Gasteiger partial charge in [0, 0.05) is 16.1 Å². The Kier molecular flexibility index (Phi) is 5.50. The summed E-state index contributed by atoms with van der Waals surface area (Å²) in [5.74, 6) is 1.64. The lowest BCUT2D eigenvalue weighted by Crippen LogP contribution is -1.92. The van der Waals surface area contributed by atoms with Gasteiger partial charge in [-0.15, -0.1) is 0 Å². The van der Waals surface area contributed by atoms with E-state index in [0.29, 0.717) is 5.02 Å². The molecule has 0 saturated heterocycles. The summed E-state index contributed by atoms with van der Waals surface area (Å²) in [6, 6.07) is 27.9. The van der Waals surface area contributed by atoms with Gasteiger partial charge in [-0.05, 0) is 83.9 Å². The second-order valence-corrected chi connectivity index (χ2v) is 7.03. The SMILES string of the molecule is COc1ccc(-c2cc(-c3ccc(Cl)cc3)cc(-c3ccc(OC)cc3)n2)cc1. The summed E-state index contributed by atoms with van der Waals surface area (Å²) >= 11 is 6.07. The number of hydrogen-bond donors (Lipinski definition) is 0. The second-order valence-electron chi connectivity index (χ2n) is 6.59. The number of halogens is 1. The third-order valence-corrected chi connectivity index (χ3v) is 5.03. The van der Waals surface area contributed by atoms with Crippen molar-refractivity contribution in [2.24, 2.45) is 0 Å². The van der Waals surface area contributed by atoms with Crippen molar-refractivity contribution in [1.82, 2.24) is 4.98 Å². The molecule has 4 rings (SSSR count). The van der Waals surface area contributed by atoms with Crippen molar-refractivity contribution in [3.05, 3.63) is 90.0 Å². The smallest absolute Gasteiger partial charge is 0.118 e. The minimum absolute atomic E-state index is 0.716. The Balaban J connectivity index is 1.84. The van der Waals surface area contributed by atoms with E-state index in [1.54, 1.807) is 14.2 Å². The molecule has 3 nitrogen and oxygen atoms in total. The molecular formula is C25H20ClNO2. The normalized spacial score (nSPS) is 10.6. The highest BCUT2D eigenvalue weighted by molar-refractivity contribution is 6.30. The van der Waals surface area contributed by atoms with Gasteiger partial charge in [0.05, 0.1) is 25.6 Å². The van der Waals surface area contributed by atoms with Crippen LogP contribution >= 0.6 is 11.6 Å². The largest absolute Gasteiger partial charge is 0.497 e. The third kappa shape index (κ3) is 4.25. The Morgan fingerprint density at radius 3 is 1.38 bits per heavy atom. The summed E-state index contributed by atoms with van der Waals surface area (Å²) in [6.07, 6.45) is 0. The number of benzene rings is 3. The highest BCUT2D eigenvalue weighted by Crippen LogP contribution is 2.32. The summed E-state index contributed by atoms with van der Waals surface area (Å²) < 4.78 is 10.6. The minimum Gasteiger partial charge on any atom is -0.497 e.